The number of carbonyl (C=O) groups excluding carboxylic acids is 1. The van der Waals surface area contributed by atoms with E-state index >= 15 is 0 Å². The molecule has 1 amide bonds. The van der Waals surface area contributed by atoms with E-state index in [-0.39, 0.29) is 29.5 Å². The molecule has 4 nitrogen and oxygen atoms in total. The fourth-order valence-corrected chi connectivity index (χ4v) is 4.08. The zero-order valence-corrected chi connectivity index (χ0v) is 13.9. The predicted octanol–water partition coefficient (Wildman–Crippen LogP) is 2.60. The van der Waals surface area contributed by atoms with Crippen molar-refractivity contribution in [2.75, 3.05) is 6.61 Å². The molecule has 0 radical (unpaired) electrons. The Morgan fingerprint density at radius 2 is 2.00 bits per heavy atom. The Morgan fingerprint density at radius 3 is 2.62 bits per heavy atom. The van der Waals surface area contributed by atoms with Gasteiger partial charge in [-0.2, -0.15) is 0 Å². The summed E-state index contributed by atoms with van der Waals surface area (Å²) in [7, 11) is 0. The van der Waals surface area contributed by atoms with E-state index in [1.807, 2.05) is 0 Å². The summed E-state index contributed by atoms with van der Waals surface area (Å²) < 4.78 is 5.98. The van der Waals surface area contributed by atoms with Crippen molar-refractivity contribution in [3.05, 3.63) is 0 Å². The lowest BCUT2D eigenvalue weighted by Gasteiger charge is -2.41. The summed E-state index contributed by atoms with van der Waals surface area (Å²) >= 11 is 0. The van der Waals surface area contributed by atoms with Crippen LogP contribution in [0.1, 0.15) is 65.7 Å². The van der Waals surface area contributed by atoms with E-state index in [0.717, 1.165) is 51.6 Å². The molecule has 1 aliphatic carbocycles. The highest BCUT2D eigenvalue weighted by atomic mass is 16.5. The Labute approximate surface area is 129 Å². The molecule has 4 atom stereocenters. The highest BCUT2D eigenvalue weighted by molar-refractivity contribution is 5.79. The number of hydrogen-bond acceptors (Lipinski definition) is 3. The number of amides is 1. The van der Waals surface area contributed by atoms with Gasteiger partial charge in [-0.25, -0.2) is 0 Å². The van der Waals surface area contributed by atoms with Crippen molar-refractivity contribution in [1.29, 1.82) is 0 Å². The Hall–Kier alpha value is -0.610. The van der Waals surface area contributed by atoms with E-state index in [9.17, 15) is 4.79 Å². The second-order valence-corrected chi connectivity index (χ2v) is 7.21. The molecule has 3 N–H and O–H groups in total. The fraction of sp³-hybridized carbons (Fsp3) is 0.941. The molecule has 0 spiro atoms. The van der Waals surface area contributed by atoms with Gasteiger partial charge in [-0.3, -0.25) is 4.79 Å². The molecule has 0 aromatic heterocycles. The standard InChI is InChI=1S/C17H32N2O2/c1-4-17(5-2)11-15(6-7-21-17)19-16(20)13-8-12(3)9-14(18)10-13/h12-15H,4-11,18H2,1-3H3,(H,19,20). The number of nitrogens with one attached hydrogen (secondary N) is 1. The van der Waals surface area contributed by atoms with Gasteiger partial charge in [-0.05, 0) is 50.9 Å². The van der Waals surface area contributed by atoms with Crippen LogP contribution >= 0.6 is 0 Å². The van der Waals surface area contributed by atoms with Gasteiger partial charge in [0.2, 0.25) is 5.91 Å². The van der Waals surface area contributed by atoms with Crippen LogP contribution in [0.5, 0.6) is 0 Å². The zero-order valence-electron chi connectivity index (χ0n) is 13.9. The van der Waals surface area contributed by atoms with E-state index in [4.69, 9.17) is 10.5 Å². The highest BCUT2D eigenvalue weighted by Crippen LogP contribution is 2.32. The maximum absolute atomic E-state index is 12.5. The molecule has 4 unspecified atom stereocenters. The molecule has 0 aromatic carbocycles. The summed E-state index contributed by atoms with van der Waals surface area (Å²) in [5.41, 5.74) is 6.04. The third-order valence-corrected chi connectivity index (χ3v) is 5.48. The molecule has 1 heterocycles. The van der Waals surface area contributed by atoms with Crippen molar-refractivity contribution >= 4 is 5.91 Å². The summed E-state index contributed by atoms with van der Waals surface area (Å²) in [5, 5.41) is 3.28. The lowest BCUT2D eigenvalue weighted by molar-refractivity contribution is -0.131. The number of rotatable bonds is 4. The van der Waals surface area contributed by atoms with Crippen LogP contribution in [0.15, 0.2) is 0 Å². The van der Waals surface area contributed by atoms with Crippen molar-refractivity contribution in [3.8, 4) is 0 Å². The van der Waals surface area contributed by atoms with Gasteiger partial charge in [-0.15, -0.1) is 0 Å². The Morgan fingerprint density at radius 1 is 1.29 bits per heavy atom. The molecular formula is C17H32N2O2. The summed E-state index contributed by atoms with van der Waals surface area (Å²) in [6.45, 7) is 7.31. The summed E-state index contributed by atoms with van der Waals surface area (Å²) in [4.78, 5) is 12.5. The smallest absolute Gasteiger partial charge is 0.223 e. The van der Waals surface area contributed by atoms with E-state index in [0.29, 0.717) is 5.92 Å². The third kappa shape index (κ3) is 4.19. The molecule has 2 aliphatic rings. The quantitative estimate of drug-likeness (QED) is 0.838. The molecular weight excluding hydrogens is 264 g/mol. The van der Waals surface area contributed by atoms with Gasteiger partial charge in [0.25, 0.3) is 0 Å². The first-order chi connectivity index (χ1) is 9.98. The third-order valence-electron chi connectivity index (χ3n) is 5.48. The molecule has 122 valence electrons. The van der Waals surface area contributed by atoms with Crippen LogP contribution in [-0.2, 0) is 9.53 Å². The minimum absolute atomic E-state index is 0.0353. The van der Waals surface area contributed by atoms with Gasteiger partial charge in [0.05, 0.1) is 5.60 Å². The average molecular weight is 296 g/mol. The lowest BCUT2D eigenvalue weighted by Crippen LogP contribution is -2.50. The summed E-state index contributed by atoms with van der Waals surface area (Å²) in [6, 6.07) is 0.448. The van der Waals surface area contributed by atoms with Crippen molar-refractivity contribution < 1.29 is 9.53 Å². The van der Waals surface area contributed by atoms with Gasteiger partial charge in [0, 0.05) is 24.6 Å². The van der Waals surface area contributed by atoms with Crippen molar-refractivity contribution in [2.24, 2.45) is 17.6 Å². The Bertz CT molecular complexity index is 345. The van der Waals surface area contributed by atoms with Crippen LogP contribution < -0.4 is 11.1 Å². The number of hydrogen-bond donors (Lipinski definition) is 2. The van der Waals surface area contributed by atoms with Crippen LogP contribution in [0, 0.1) is 11.8 Å². The second-order valence-electron chi connectivity index (χ2n) is 7.21. The van der Waals surface area contributed by atoms with E-state index in [1.54, 1.807) is 0 Å². The predicted molar refractivity (Wildman–Crippen MR) is 84.9 cm³/mol. The fourth-order valence-electron chi connectivity index (χ4n) is 4.08. The molecule has 21 heavy (non-hydrogen) atoms. The van der Waals surface area contributed by atoms with Gasteiger partial charge in [-0.1, -0.05) is 20.8 Å². The number of nitrogens with two attached hydrogens (primary N) is 1. The topological polar surface area (TPSA) is 64.4 Å². The van der Waals surface area contributed by atoms with Gasteiger partial charge < -0.3 is 15.8 Å². The Kier molecular flexibility index (Phi) is 5.67. The van der Waals surface area contributed by atoms with Crippen molar-refractivity contribution in [3.63, 3.8) is 0 Å². The normalized spacial score (nSPS) is 36.2. The largest absolute Gasteiger partial charge is 0.375 e. The first-order valence-corrected chi connectivity index (χ1v) is 8.68. The first-order valence-electron chi connectivity index (χ1n) is 8.68. The van der Waals surface area contributed by atoms with Crippen molar-refractivity contribution in [2.45, 2.75) is 83.4 Å². The number of carbonyl (C=O) groups is 1. The number of ether oxygens (including phenoxy) is 1. The first kappa shape index (κ1) is 16.8. The molecule has 0 aromatic rings. The minimum Gasteiger partial charge on any atom is -0.375 e. The second kappa shape index (κ2) is 7.10. The van der Waals surface area contributed by atoms with Crippen LogP contribution in [0.4, 0.5) is 0 Å². The monoisotopic (exact) mass is 296 g/mol. The highest BCUT2D eigenvalue weighted by Gasteiger charge is 2.36. The van der Waals surface area contributed by atoms with Crippen LogP contribution in [-0.4, -0.2) is 30.2 Å². The minimum atomic E-state index is -0.0353. The van der Waals surface area contributed by atoms with Gasteiger partial charge in [0.15, 0.2) is 0 Å². The Balaban J connectivity index is 1.90. The van der Waals surface area contributed by atoms with Crippen LogP contribution in [0.2, 0.25) is 0 Å². The summed E-state index contributed by atoms with van der Waals surface area (Å²) in [5.74, 6) is 0.874. The van der Waals surface area contributed by atoms with E-state index in [1.165, 1.54) is 0 Å². The van der Waals surface area contributed by atoms with Gasteiger partial charge >= 0.3 is 0 Å². The molecule has 4 heteroatoms. The average Bonchev–Trinajstić information content (AvgIpc) is 2.46. The maximum atomic E-state index is 12.5. The molecule has 2 rings (SSSR count). The van der Waals surface area contributed by atoms with Gasteiger partial charge in [0.1, 0.15) is 0 Å². The zero-order chi connectivity index (χ0) is 15.5. The molecule has 1 saturated carbocycles. The maximum Gasteiger partial charge on any atom is 0.223 e. The molecule has 1 aliphatic heterocycles. The molecule has 2 fully saturated rings. The molecule has 0 bridgehead atoms. The SMILES string of the molecule is CCC1(CC)CC(NC(=O)C2CC(C)CC(N)C2)CCO1. The molecule has 1 saturated heterocycles. The van der Waals surface area contributed by atoms with Crippen LogP contribution in [0.25, 0.3) is 0 Å². The van der Waals surface area contributed by atoms with E-state index in [2.05, 4.69) is 26.1 Å². The summed E-state index contributed by atoms with van der Waals surface area (Å²) in [6.07, 6.45) is 6.78. The van der Waals surface area contributed by atoms with Crippen molar-refractivity contribution in [1.82, 2.24) is 5.32 Å². The lowest BCUT2D eigenvalue weighted by atomic mass is 9.79. The van der Waals surface area contributed by atoms with Crippen LogP contribution in [0.3, 0.4) is 0 Å². The van der Waals surface area contributed by atoms with E-state index < -0.39 is 0 Å².